The number of hydrogen-bond donors (Lipinski definition) is 1. The summed E-state index contributed by atoms with van der Waals surface area (Å²) in [5, 5.41) is 8.69. The van der Waals surface area contributed by atoms with Crippen LogP contribution in [0.4, 0.5) is 0 Å². The minimum absolute atomic E-state index is 0.0761. The van der Waals surface area contributed by atoms with E-state index in [9.17, 15) is 0 Å². The third kappa shape index (κ3) is 4.63. The van der Waals surface area contributed by atoms with Crippen molar-refractivity contribution in [3.63, 3.8) is 0 Å². The molecule has 0 aromatic carbocycles. The second-order valence-corrected chi connectivity index (χ2v) is 5.86. The van der Waals surface area contributed by atoms with Gasteiger partial charge in [0.15, 0.2) is 0 Å². The van der Waals surface area contributed by atoms with E-state index in [-0.39, 0.29) is 6.61 Å². The van der Waals surface area contributed by atoms with Crippen molar-refractivity contribution >= 4 is 11.3 Å². The standard InChI is InChI=1S/C15H21NO2S/c1-2-16(11-13-5-4-10-18-13)12-15-8-7-14(19-15)6-3-9-17/h7-8,13,17H,2,4-5,9-12H2,1H3. The second kappa shape index (κ2) is 7.66. The van der Waals surface area contributed by atoms with Crippen LogP contribution in [0.25, 0.3) is 0 Å². The highest BCUT2D eigenvalue weighted by Crippen LogP contribution is 2.19. The predicted molar refractivity (Wildman–Crippen MR) is 78.2 cm³/mol. The third-order valence-corrected chi connectivity index (χ3v) is 4.25. The van der Waals surface area contributed by atoms with Crippen LogP contribution in [0.3, 0.4) is 0 Å². The monoisotopic (exact) mass is 279 g/mol. The number of rotatable bonds is 5. The summed E-state index contributed by atoms with van der Waals surface area (Å²) in [6.45, 7) is 6.05. The minimum atomic E-state index is -0.0761. The zero-order valence-corrected chi connectivity index (χ0v) is 12.2. The summed E-state index contributed by atoms with van der Waals surface area (Å²) in [5.41, 5.74) is 0. The van der Waals surface area contributed by atoms with E-state index in [1.807, 2.05) is 6.07 Å². The van der Waals surface area contributed by atoms with Gasteiger partial charge in [0.05, 0.1) is 11.0 Å². The zero-order chi connectivity index (χ0) is 13.5. The minimum Gasteiger partial charge on any atom is -0.384 e. The van der Waals surface area contributed by atoms with Crippen LogP contribution in [0.15, 0.2) is 12.1 Å². The first-order chi connectivity index (χ1) is 9.31. The molecule has 1 fully saturated rings. The van der Waals surface area contributed by atoms with Crippen molar-refractivity contribution in [2.45, 2.75) is 32.4 Å². The third-order valence-electron chi connectivity index (χ3n) is 3.26. The largest absolute Gasteiger partial charge is 0.384 e. The van der Waals surface area contributed by atoms with E-state index < -0.39 is 0 Å². The first kappa shape index (κ1) is 14.5. The lowest BCUT2D eigenvalue weighted by molar-refractivity contribution is 0.0728. The summed E-state index contributed by atoms with van der Waals surface area (Å²) in [7, 11) is 0. The molecular weight excluding hydrogens is 258 g/mol. The second-order valence-electron chi connectivity index (χ2n) is 4.69. The fourth-order valence-corrected chi connectivity index (χ4v) is 3.18. The van der Waals surface area contributed by atoms with Gasteiger partial charge in [-0.3, -0.25) is 4.90 Å². The van der Waals surface area contributed by atoms with Crippen LogP contribution in [0.5, 0.6) is 0 Å². The molecule has 1 saturated heterocycles. The smallest absolute Gasteiger partial charge is 0.104 e. The zero-order valence-electron chi connectivity index (χ0n) is 11.4. The molecule has 1 aromatic heterocycles. The van der Waals surface area contributed by atoms with E-state index in [1.165, 1.54) is 17.7 Å². The van der Waals surface area contributed by atoms with Crippen molar-refractivity contribution in [1.82, 2.24) is 4.90 Å². The molecule has 0 bridgehead atoms. The molecular formula is C15H21NO2S. The Morgan fingerprint density at radius 2 is 2.42 bits per heavy atom. The molecule has 2 rings (SSSR count). The van der Waals surface area contributed by atoms with Gasteiger partial charge in [-0.2, -0.15) is 0 Å². The Bertz CT molecular complexity index is 440. The summed E-state index contributed by atoms with van der Waals surface area (Å²) in [6.07, 6.45) is 2.80. The molecule has 0 radical (unpaired) electrons. The van der Waals surface area contributed by atoms with Crippen LogP contribution in [0.2, 0.25) is 0 Å². The van der Waals surface area contributed by atoms with E-state index in [0.717, 1.165) is 31.1 Å². The van der Waals surface area contributed by atoms with Crippen LogP contribution in [0, 0.1) is 11.8 Å². The molecule has 0 saturated carbocycles. The number of ether oxygens (including phenoxy) is 1. The van der Waals surface area contributed by atoms with E-state index in [0.29, 0.717) is 6.10 Å². The maximum Gasteiger partial charge on any atom is 0.104 e. The van der Waals surface area contributed by atoms with Gasteiger partial charge in [0.25, 0.3) is 0 Å². The van der Waals surface area contributed by atoms with Gasteiger partial charge in [-0.1, -0.05) is 18.8 Å². The SMILES string of the molecule is CCN(Cc1ccc(C#CCO)s1)CC1CCCO1. The van der Waals surface area contributed by atoms with Crippen molar-refractivity contribution in [2.24, 2.45) is 0 Å². The maximum absolute atomic E-state index is 8.69. The molecule has 1 aliphatic rings. The summed E-state index contributed by atoms with van der Waals surface area (Å²) in [5.74, 6) is 5.64. The van der Waals surface area contributed by atoms with Gasteiger partial charge >= 0.3 is 0 Å². The first-order valence-corrected chi connectivity index (χ1v) is 7.66. The maximum atomic E-state index is 8.69. The highest BCUT2D eigenvalue weighted by Gasteiger charge is 2.18. The molecule has 1 aromatic rings. The summed E-state index contributed by atoms with van der Waals surface area (Å²) < 4.78 is 5.69. The molecule has 0 spiro atoms. The Kier molecular flexibility index (Phi) is 5.87. The van der Waals surface area contributed by atoms with Crippen molar-refractivity contribution < 1.29 is 9.84 Å². The van der Waals surface area contributed by atoms with Crippen LogP contribution in [-0.4, -0.2) is 42.4 Å². The van der Waals surface area contributed by atoms with Crippen LogP contribution < -0.4 is 0 Å². The van der Waals surface area contributed by atoms with Crippen molar-refractivity contribution in [3.05, 3.63) is 21.9 Å². The van der Waals surface area contributed by atoms with Gasteiger partial charge < -0.3 is 9.84 Å². The van der Waals surface area contributed by atoms with E-state index >= 15 is 0 Å². The topological polar surface area (TPSA) is 32.7 Å². The number of thiophene rings is 1. The highest BCUT2D eigenvalue weighted by atomic mass is 32.1. The molecule has 1 N–H and O–H groups in total. The Labute approximate surface area is 119 Å². The Morgan fingerprint density at radius 3 is 3.11 bits per heavy atom. The molecule has 1 unspecified atom stereocenters. The predicted octanol–water partition coefficient (Wildman–Crippen LogP) is 2.09. The number of aliphatic hydroxyl groups is 1. The molecule has 4 heteroatoms. The highest BCUT2D eigenvalue weighted by molar-refractivity contribution is 7.12. The van der Waals surface area contributed by atoms with Gasteiger partial charge in [0.2, 0.25) is 0 Å². The van der Waals surface area contributed by atoms with Crippen LogP contribution >= 0.6 is 11.3 Å². The molecule has 0 amide bonds. The van der Waals surface area contributed by atoms with Crippen LogP contribution in [0.1, 0.15) is 29.5 Å². The molecule has 2 heterocycles. The fourth-order valence-electron chi connectivity index (χ4n) is 2.26. The van der Waals surface area contributed by atoms with Crippen molar-refractivity contribution in [1.29, 1.82) is 0 Å². The Balaban J connectivity index is 1.88. The summed E-state index contributed by atoms with van der Waals surface area (Å²) in [6, 6.07) is 4.16. The quantitative estimate of drug-likeness (QED) is 0.838. The summed E-state index contributed by atoms with van der Waals surface area (Å²) >= 11 is 1.71. The fraction of sp³-hybridized carbons (Fsp3) is 0.600. The molecule has 104 valence electrons. The van der Waals surface area contributed by atoms with E-state index in [2.05, 4.69) is 29.7 Å². The average molecular weight is 279 g/mol. The molecule has 3 nitrogen and oxygen atoms in total. The van der Waals surface area contributed by atoms with Gasteiger partial charge in [0.1, 0.15) is 6.61 Å². The van der Waals surface area contributed by atoms with E-state index in [1.54, 1.807) is 11.3 Å². The Morgan fingerprint density at radius 1 is 1.53 bits per heavy atom. The molecule has 19 heavy (non-hydrogen) atoms. The van der Waals surface area contributed by atoms with Crippen molar-refractivity contribution in [3.8, 4) is 11.8 Å². The number of aliphatic hydroxyl groups excluding tert-OH is 1. The normalized spacial score (nSPS) is 18.6. The molecule has 1 atom stereocenters. The molecule has 1 aliphatic heterocycles. The number of hydrogen-bond acceptors (Lipinski definition) is 4. The van der Waals surface area contributed by atoms with Gasteiger partial charge in [-0.05, 0) is 31.5 Å². The number of likely N-dealkylation sites (N-methyl/N-ethyl adjacent to an activating group) is 1. The van der Waals surface area contributed by atoms with E-state index in [4.69, 9.17) is 9.84 Å². The van der Waals surface area contributed by atoms with Gasteiger partial charge in [0, 0.05) is 24.6 Å². The lowest BCUT2D eigenvalue weighted by Gasteiger charge is -2.22. The molecule has 0 aliphatic carbocycles. The van der Waals surface area contributed by atoms with Gasteiger partial charge in [-0.15, -0.1) is 11.3 Å². The summed E-state index contributed by atoms with van der Waals surface area (Å²) in [4.78, 5) is 4.77. The van der Waals surface area contributed by atoms with Crippen molar-refractivity contribution in [2.75, 3.05) is 26.3 Å². The lowest BCUT2D eigenvalue weighted by Crippen LogP contribution is -2.31. The average Bonchev–Trinajstić information content (AvgIpc) is 3.07. The van der Waals surface area contributed by atoms with Gasteiger partial charge in [-0.25, -0.2) is 0 Å². The first-order valence-electron chi connectivity index (χ1n) is 6.84. The van der Waals surface area contributed by atoms with Crippen LogP contribution in [-0.2, 0) is 11.3 Å². The Hall–Kier alpha value is -0.860. The number of nitrogens with zero attached hydrogens (tertiary/aromatic N) is 1. The lowest BCUT2D eigenvalue weighted by atomic mass is 10.2.